The number of carbonyl (C=O) groups excluding carboxylic acids is 3. The molecule has 3 aliphatic carbocycles. The van der Waals surface area contributed by atoms with Crippen LogP contribution in [-0.2, 0) is 22.7 Å². The summed E-state index contributed by atoms with van der Waals surface area (Å²) in [6.45, 7) is 4.68. The minimum atomic E-state index is -1.16. The average Bonchev–Trinajstić information content (AvgIpc) is 4.00. The minimum Gasteiger partial charge on any atom is -0.444 e. The first-order valence-electron chi connectivity index (χ1n) is 18.8. The van der Waals surface area contributed by atoms with Gasteiger partial charge in [0.25, 0.3) is 0 Å². The van der Waals surface area contributed by atoms with Crippen molar-refractivity contribution in [2.75, 3.05) is 7.05 Å². The van der Waals surface area contributed by atoms with Crippen LogP contribution in [0.3, 0.4) is 0 Å². The van der Waals surface area contributed by atoms with Gasteiger partial charge in [0.2, 0.25) is 5.91 Å². The number of imidazole rings is 1. The number of nitrogens with one attached hydrogen (secondary N) is 4. The fourth-order valence-electron chi connectivity index (χ4n) is 8.09. The second kappa shape index (κ2) is 14.9. The predicted octanol–water partition coefficient (Wildman–Crippen LogP) is 7.19. The van der Waals surface area contributed by atoms with E-state index in [1.165, 1.54) is 11.3 Å². The highest BCUT2D eigenvalue weighted by molar-refractivity contribution is 7.09. The van der Waals surface area contributed by atoms with Gasteiger partial charge in [-0.2, -0.15) is 0 Å². The van der Waals surface area contributed by atoms with Crippen molar-refractivity contribution >= 4 is 40.7 Å². The third kappa shape index (κ3) is 7.75. The van der Waals surface area contributed by atoms with Gasteiger partial charge in [0.05, 0.1) is 39.5 Å². The Labute approximate surface area is 328 Å². The number of H-pyrrole nitrogens is 1. The minimum absolute atomic E-state index is 0.0708. The molecule has 55 heavy (non-hydrogen) atoms. The van der Waals surface area contributed by atoms with E-state index in [1.54, 1.807) is 47.5 Å². The van der Waals surface area contributed by atoms with Gasteiger partial charge in [0.15, 0.2) is 0 Å². The van der Waals surface area contributed by atoms with E-state index in [1.807, 2.05) is 41.8 Å². The van der Waals surface area contributed by atoms with Crippen molar-refractivity contribution in [2.24, 2.45) is 0 Å². The van der Waals surface area contributed by atoms with Gasteiger partial charge in [-0.25, -0.2) is 19.6 Å². The summed E-state index contributed by atoms with van der Waals surface area (Å²) in [4.78, 5) is 60.5. The van der Waals surface area contributed by atoms with E-state index in [2.05, 4.69) is 69.0 Å². The van der Waals surface area contributed by atoms with Crippen molar-refractivity contribution in [3.05, 3.63) is 123 Å². The van der Waals surface area contributed by atoms with E-state index in [4.69, 9.17) is 9.72 Å². The van der Waals surface area contributed by atoms with Gasteiger partial charge in [0.1, 0.15) is 12.1 Å². The van der Waals surface area contributed by atoms with E-state index >= 15 is 0 Å². The molecule has 4 amide bonds. The molecule has 12 nitrogen and oxygen atoms in total. The summed E-state index contributed by atoms with van der Waals surface area (Å²) in [6, 6.07) is 20.1. The first-order valence-corrected chi connectivity index (χ1v) is 20.6. The van der Waals surface area contributed by atoms with Crippen LogP contribution in [0.15, 0.2) is 90.3 Å². The first kappa shape index (κ1) is 36.9. The molecule has 2 aromatic carbocycles. The lowest BCUT2D eigenvalue weighted by molar-refractivity contribution is -0.125. The summed E-state index contributed by atoms with van der Waals surface area (Å²) in [5, 5.41) is 12.9. The molecule has 3 aliphatic rings. The lowest BCUT2D eigenvalue weighted by Crippen LogP contribution is -2.56. The number of ether oxygens (including phenoxy) is 1. The van der Waals surface area contributed by atoms with Gasteiger partial charge >= 0.3 is 12.1 Å². The zero-order valence-corrected chi connectivity index (χ0v) is 32.8. The SMILES string of the molecule is CC(C)c1nc(CN(C)C(=O)NC2(C(=O)NC3(CCC4(NC(=O)OCc5cncs5)C[C@H]4c4ccccc4)C[C@H]3c3ccccc3)C[C@H]2c2cnc[nH]2)cs1. The molecule has 0 spiro atoms. The number of aromatic amines is 1. The Bertz CT molecular complexity index is 2110. The maximum absolute atomic E-state index is 14.8. The van der Waals surface area contributed by atoms with Crippen molar-refractivity contribution < 1.29 is 19.1 Å². The van der Waals surface area contributed by atoms with Gasteiger partial charge in [-0.1, -0.05) is 74.5 Å². The molecule has 14 heteroatoms. The van der Waals surface area contributed by atoms with Crippen molar-refractivity contribution in [1.82, 2.24) is 40.8 Å². The molecule has 0 aliphatic heterocycles. The number of hydrogen-bond donors (Lipinski definition) is 4. The molecule has 3 saturated carbocycles. The number of amides is 4. The van der Waals surface area contributed by atoms with Crippen LogP contribution in [0.2, 0.25) is 0 Å². The van der Waals surface area contributed by atoms with E-state index < -0.39 is 22.7 Å². The van der Waals surface area contributed by atoms with Crippen molar-refractivity contribution in [3.63, 3.8) is 0 Å². The molecule has 286 valence electrons. The number of alkyl carbamates (subject to hydrolysis) is 1. The summed E-state index contributed by atoms with van der Waals surface area (Å²) in [6.07, 6.45) is 7.75. The maximum atomic E-state index is 14.8. The molecule has 5 aromatic rings. The number of rotatable bonds is 15. The highest BCUT2D eigenvalue weighted by Gasteiger charge is 2.67. The van der Waals surface area contributed by atoms with Crippen LogP contribution in [0.5, 0.6) is 0 Å². The largest absolute Gasteiger partial charge is 0.444 e. The summed E-state index contributed by atoms with van der Waals surface area (Å²) in [5.74, 6) is -0.00275. The Hall–Kier alpha value is -5.08. The van der Waals surface area contributed by atoms with Gasteiger partial charge in [-0.05, 0) is 43.2 Å². The number of benzene rings is 2. The van der Waals surface area contributed by atoms with Gasteiger partial charge < -0.3 is 30.6 Å². The van der Waals surface area contributed by atoms with E-state index in [-0.39, 0.29) is 36.3 Å². The number of aromatic nitrogens is 4. The smallest absolute Gasteiger partial charge is 0.407 e. The number of thiazole rings is 2. The van der Waals surface area contributed by atoms with Crippen LogP contribution in [0.25, 0.3) is 0 Å². The van der Waals surface area contributed by atoms with Gasteiger partial charge in [-0.3, -0.25) is 9.78 Å². The molecule has 0 radical (unpaired) electrons. The van der Waals surface area contributed by atoms with Gasteiger partial charge in [-0.15, -0.1) is 22.7 Å². The average molecular weight is 779 g/mol. The fourth-order valence-corrected chi connectivity index (χ4v) is 9.42. The van der Waals surface area contributed by atoms with E-state index in [0.717, 1.165) is 45.2 Å². The molecule has 8 rings (SSSR count). The first-order chi connectivity index (χ1) is 26.6. The fraction of sp³-hybridized carbons (Fsp3) is 0.415. The molecule has 6 atom stereocenters. The number of nitrogens with zero attached hydrogens (tertiary/aromatic N) is 4. The van der Waals surface area contributed by atoms with Crippen LogP contribution in [0, 0.1) is 0 Å². The molecule has 3 aromatic heterocycles. The molecule has 3 unspecified atom stereocenters. The molecule has 3 fully saturated rings. The Balaban J connectivity index is 1.02. The van der Waals surface area contributed by atoms with Crippen molar-refractivity contribution in [1.29, 1.82) is 0 Å². The standard InChI is InChI=1S/C41H46N8O4S2/c1-26(2)35-45-29(23-54-35)21-49(3)37(51)47-41(18-33(41)34-20-42-24-44-34)36(50)46-39(16-31(39)27-10-6-4-7-11-27)14-15-40(17-32(40)28-12-8-5-9-13-28)48-38(52)53-22-30-19-43-25-55-30/h4-13,19-20,23-26,31-33H,14-18,21-22H2,1-3H3,(H,42,44)(H,46,50)(H,47,51)(H,48,52)/t31-,32-,33-,39?,40?,41?/m0/s1. The van der Waals surface area contributed by atoms with Crippen LogP contribution in [0.4, 0.5) is 9.59 Å². The van der Waals surface area contributed by atoms with Crippen molar-refractivity contribution in [3.8, 4) is 0 Å². The lowest BCUT2D eigenvalue weighted by Gasteiger charge is -2.29. The lowest BCUT2D eigenvalue weighted by atomic mass is 9.94. The number of carbonyl (C=O) groups is 3. The Morgan fingerprint density at radius 1 is 0.873 bits per heavy atom. The molecular formula is C41H46N8O4S2. The second-order valence-corrected chi connectivity index (χ2v) is 17.5. The summed E-state index contributed by atoms with van der Waals surface area (Å²) in [7, 11) is 1.73. The van der Waals surface area contributed by atoms with E-state index in [0.29, 0.717) is 31.7 Å². The Morgan fingerprint density at radius 3 is 2.13 bits per heavy atom. The monoisotopic (exact) mass is 778 g/mol. The Kier molecular flexibility index (Phi) is 9.97. The quantitative estimate of drug-likeness (QED) is 0.0878. The molecule has 4 N–H and O–H groups in total. The third-order valence-electron chi connectivity index (χ3n) is 11.5. The molecule has 0 saturated heterocycles. The highest BCUT2D eigenvalue weighted by Crippen LogP contribution is 2.61. The summed E-state index contributed by atoms with van der Waals surface area (Å²) in [5.41, 5.74) is 3.35. The normalized spacial score (nSPS) is 26.2. The Morgan fingerprint density at radius 2 is 1.55 bits per heavy atom. The highest BCUT2D eigenvalue weighted by atomic mass is 32.1. The van der Waals surface area contributed by atoms with E-state index in [9.17, 15) is 14.4 Å². The molecule has 3 heterocycles. The maximum Gasteiger partial charge on any atom is 0.407 e. The zero-order valence-electron chi connectivity index (χ0n) is 31.2. The number of urea groups is 1. The van der Waals surface area contributed by atoms with Crippen LogP contribution < -0.4 is 16.0 Å². The van der Waals surface area contributed by atoms with Crippen molar-refractivity contribution in [2.45, 2.75) is 99.4 Å². The topological polar surface area (TPSA) is 154 Å². The van der Waals surface area contributed by atoms with Crippen LogP contribution >= 0.6 is 22.7 Å². The summed E-state index contributed by atoms with van der Waals surface area (Å²) >= 11 is 3.03. The third-order valence-corrected chi connectivity index (χ3v) is 13.5. The number of hydrogen-bond acceptors (Lipinski definition) is 9. The summed E-state index contributed by atoms with van der Waals surface area (Å²) < 4.78 is 5.65. The second-order valence-electron chi connectivity index (χ2n) is 15.6. The zero-order chi connectivity index (χ0) is 38.2. The van der Waals surface area contributed by atoms with Gasteiger partial charge in [0, 0.05) is 59.7 Å². The molecular weight excluding hydrogens is 733 g/mol. The van der Waals surface area contributed by atoms with Crippen LogP contribution in [-0.4, -0.2) is 66.5 Å². The predicted molar refractivity (Wildman–Crippen MR) is 211 cm³/mol. The van der Waals surface area contributed by atoms with Crippen LogP contribution in [0.1, 0.15) is 102 Å². The molecule has 0 bridgehead atoms.